The first-order chi connectivity index (χ1) is 10.7. The van der Waals surface area contributed by atoms with Crippen molar-refractivity contribution in [1.82, 2.24) is 9.88 Å². The summed E-state index contributed by atoms with van der Waals surface area (Å²) in [7, 11) is 0. The molecule has 0 radical (unpaired) electrons. The van der Waals surface area contributed by atoms with Crippen LogP contribution in [0.4, 0.5) is 5.82 Å². The maximum absolute atomic E-state index is 11.8. The standard InChI is InChI=1S/C18H19N3O/c1-13(22)20-9-10-21-17(12-20)16-7-3-2-5-14(16)11-15-6-4-8-19-18(15)21/h2-8,17H,9-12H2,1H3. The van der Waals surface area contributed by atoms with Crippen molar-refractivity contribution in [1.29, 1.82) is 0 Å². The number of nitrogens with zero attached hydrogens (tertiary/aromatic N) is 3. The van der Waals surface area contributed by atoms with Gasteiger partial charge in [-0.1, -0.05) is 30.3 Å². The van der Waals surface area contributed by atoms with E-state index in [1.165, 1.54) is 16.7 Å². The van der Waals surface area contributed by atoms with Crippen molar-refractivity contribution in [3.8, 4) is 0 Å². The highest BCUT2D eigenvalue weighted by atomic mass is 16.2. The minimum absolute atomic E-state index is 0.155. The van der Waals surface area contributed by atoms with Crippen molar-refractivity contribution >= 4 is 11.7 Å². The maximum atomic E-state index is 11.8. The van der Waals surface area contributed by atoms with E-state index < -0.39 is 0 Å². The number of benzene rings is 1. The number of fused-ring (bicyclic) bond motifs is 5. The highest BCUT2D eigenvalue weighted by Gasteiger charge is 2.34. The molecular weight excluding hydrogens is 274 g/mol. The Bertz CT molecular complexity index is 728. The quantitative estimate of drug-likeness (QED) is 0.748. The van der Waals surface area contributed by atoms with Crippen LogP contribution in [0.5, 0.6) is 0 Å². The van der Waals surface area contributed by atoms with Crippen LogP contribution in [0.1, 0.15) is 29.7 Å². The number of pyridine rings is 1. The molecule has 0 N–H and O–H groups in total. The third-order valence-electron chi connectivity index (χ3n) is 4.76. The summed E-state index contributed by atoms with van der Waals surface area (Å²) in [6.45, 7) is 4.00. The number of rotatable bonds is 0. The first-order valence-corrected chi connectivity index (χ1v) is 7.78. The molecule has 4 rings (SSSR count). The lowest BCUT2D eigenvalue weighted by Crippen LogP contribution is -2.50. The largest absolute Gasteiger partial charge is 0.346 e. The van der Waals surface area contributed by atoms with E-state index in [0.29, 0.717) is 0 Å². The Morgan fingerprint density at radius 3 is 2.82 bits per heavy atom. The Hall–Kier alpha value is -2.36. The van der Waals surface area contributed by atoms with Crippen molar-refractivity contribution in [2.75, 3.05) is 24.5 Å². The van der Waals surface area contributed by atoms with Gasteiger partial charge in [0.1, 0.15) is 5.82 Å². The fourth-order valence-electron chi connectivity index (χ4n) is 3.64. The van der Waals surface area contributed by atoms with Gasteiger partial charge in [0.05, 0.1) is 6.04 Å². The van der Waals surface area contributed by atoms with Gasteiger partial charge >= 0.3 is 0 Å². The van der Waals surface area contributed by atoms with E-state index in [1.54, 1.807) is 6.92 Å². The average Bonchev–Trinajstić information content (AvgIpc) is 2.69. The van der Waals surface area contributed by atoms with Gasteiger partial charge in [0.2, 0.25) is 5.91 Å². The van der Waals surface area contributed by atoms with E-state index in [1.807, 2.05) is 17.2 Å². The summed E-state index contributed by atoms with van der Waals surface area (Å²) in [5.74, 6) is 1.23. The molecule has 2 aromatic rings. The Morgan fingerprint density at radius 1 is 1.14 bits per heavy atom. The zero-order chi connectivity index (χ0) is 15.1. The van der Waals surface area contributed by atoms with E-state index in [2.05, 4.69) is 40.2 Å². The van der Waals surface area contributed by atoms with Gasteiger partial charge in [-0.3, -0.25) is 4.79 Å². The monoisotopic (exact) mass is 293 g/mol. The molecule has 2 aliphatic rings. The molecule has 0 spiro atoms. The lowest BCUT2D eigenvalue weighted by Gasteiger charge is -2.42. The summed E-state index contributed by atoms with van der Waals surface area (Å²) in [4.78, 5) is 20.8. The molecule has 112 valence electrons. The minimum Gasteiger partial charge on any atom is -0.346 e. The highest BCUT2D eigenvalue weighted by Crippen LogP contribution is 2.37. The summed E-state index contributed by atoms with van der Waals surface area (Å²) in [5, 5.41) is 0. The molecular formula is C18H19N3O. The SMILES string of the molecule is CC(=O)N1CCN2c3ncccc3Cc3ccccc3C2C1. The van der Waals surface area contributed by atoms with Crippen LogP contribution in [-0.2, 0) is 11.2 Å². The van der Waals surface area contributed by atoms with Crippen molar-refractivity contribution in [2.45, 2.75) is 19.4 Å². The topological polar surface area (TPSA) is 36.4 Å². The van der Waals surface area contributed by atoms with Crippen LogP contribution < -0.4 is 4.90 Å². The van der Waals surface area contributed by atoms with Gasteiger partial charge in [-0.15, -0.1) is 0 Å². The molecule has 1 aromatic heterocycles. The van der Waals surface area contributed by atoms with Crippen molar-refractivity contribution < 1.29 is 4.79 Å². The van der Waals surface area contributed by atoms with E-state index in [4.69, 9.17) is 0 Å². The summed E-state index contributed by atoms with van der Waals surface area (Å²) in [5.41, 5.74) is 3.94. The second-order valence-electron chi connectivity index (χ2n) is 6.04. The van der Waals surface area contributed by atoms with Crippen LogP contribution in [-0.4, -0.2) is 35.4 Å². The Morgan fingerprint density at radius 2 is 1.95 bits per heavy atom. The van der Waals surface area contributed by atoms with Crippen LogP contribution in [0.25, 0.3) is 0 Å². The van der Waals surface area contributed by atoms with Crippen LogP contribution in [0.3, 0.4) is 0 Å². The number of piperazine rings is 1. The minimum atomic E-state index is 0.155. The molecule has 1 atom stereocenters. The molecule has 4 nitrogen and oxygen atoms in total. The van der Waals surface area contributed by atoms with Gasteiger partial charge in [-0.2, -0.15) is 0 Å². The van der Waals surface area contributed by atoms with E-state index in [-0.39, 0.29) is 11.9 Å². The average molecular weight is 293 g/mol. The van der Waals surface area contributed by atoms with Gasteiger partial charge in [0.25, 0.3) is 0 Å². The fraction of sp³-hybridized carbons (Fsp3) is 0.333. The van der Waals surface area contributed by atoms with Crippen molar-refractivity contribution in [3.05, 3.63) is 59.3 Å². The second-order valence-corrected chi connectivity index (χ2v) is 6.04. The fourth-order valence-corrected chi connectivity index (χ4v) is 3.64. The molecule has 0 saturated carbocycles. The smallest absolute Gasteiger partial charge is 0.219 e. The normalized spacial score (nSPS) is 19.8. The molecule has 1 saturated heterocycles. The zero-order valence-electron chi connectivity index (χ0n) is 12.7. The van der Waals surface area contributed by atoms with E-state index in [0.717, 1.165) is 31.9 Å². The predicted molar refractivity (Wildman–Crippen MR) is 85.8 cm³/mol. The number of hydrogen-bond acceptors (Lipinski definition) is 3. The van der Waals surface area contributed by atoms with Crippen molar-refractivity contribution in [2.24, 2.45) is 0 Å². The summed E-state index contributed by atoms with van der Waals surface area (Å²) >= 11 is 0. The molecule has 3 heterocycles. The number of aromatic nitrogens is 1. The van der Waals surface area contributed by atoms with Crippen LogP contribution >= 0.6 is 0 Å². The van der Waals surface area contributed by atoms with Crippen LogP contribution in [0, 0.1) is 0 Å². The van der Waals surface area contributed by atoms with E-state index >= 15 is 0 Å². The van der Waals surface area contributed by atoms with Crippen LogP contribution in [0.2, 0.25) is 0 Å². The molecule has 22 heavy (non-hydrogen) atoms. The maximum Gasteiger partial charge on any atom is 0.219 e. The number of carbonyl (C=O) groups excluding carboxylic acids is 1. The summed E-state index contributed by atoms with van der Waals surface area (Å²) in [6, 6.07) is 12.9. The lowest BCUT2D eigenvalue weighted by molar-refractivity contribution is -0.129. The Labute approximate surface area is 130 Å². The third kappa shape index (κ3) is 2.06. The van der Waals surface area contributed by atoms with Gasteiger partial charge in [-0.05, 0) is 22.8 Å². The third-order valence-corrected chi connectivity index (χ3v) is 4.76. The first-order valence-electron chi connectivity index (χ1n) is 7.78. The Kier molecular flexibility index (Phi) is 3.10. The first kappa shape index (κ1) is 13.3. The van der Waals surface area contributed by atoms with Gasteiger partial charge < -0.3 is 9.80 Å². The molecule has 0 bridgehead atoms. The molecule has 0 aliphatic carbocycles. The van der Waals surface area contributed by atoms with Gasteiger partial charge in [0.15, 0.2) is 0 Å². The van der Waals surface area contributed by atoms with E-state index in [9.17, 15) is 4.79 Å². The second kappa shape index (κ2) is 5.13. The summed E-state index contributed by atoms with van der Waals surface area (Å²) < 4.78 is 0. The molecule has 4 heteroatoms. The Balaban J connectivity index is 1.85. The number of hydrogen-bond donors (Lipinski definition) is 0. The molecule has 1 amide bonds. The molecule has 1 aromatic carbocycles. The molecule has 1 fully saturated rings. The van der Waals surface area contributed by atoms with Gasteiger partial charge in [0, 0.05) is 39.2 Å². The molecule has 1 unspecified atom stereocenters. The molecule has 2 aliphatic heterocycles. The number of amides is 1. The summed E-state index contributed by atoms with van der Waals surface area (Å²) in [6.07, 6.45) is 2.77. The lowest BCUT2D eigenvalue weighted by atomic mass is 9.96. The van der Waals surface area contributed by atoms with Crippen molar-refractivity contribution in [3.63, 3.8) is 0 Å². The predicted octanol–water partition coefficient (Wildman–Crippen LogP) is 2.40. The highest BCUT2D eigenvalue weighted by molar-refractivity contribution is 5.74. The zero-order valence-corrected chi connectivity index (χ0v) is 12.7. The number of carbonyl (C=O) groups is 1. The van der Waals surface area contributed by atoms with Crippen LogP contribution in [0.15, 0.2) is 42.6 Å². The number of anilines is 1. The van der Waals surface area contributed by atoms with Gasteiger partial charge in [-0.25, -0.2) is 4.98 Å².